The minimum absolute atomic E-state index is 0.211. The van der Waals surface area contributed by atoms with E-state index in [0.717, 1.165) is 0 Å². The molecule has 0 aliphatic heterocycles. The molecule has 0 radical (unpaired) electrons. The Morgan fingerprint density at radius 2 is 2.10 bits per heavy atom. The number of nitrogens with zero attached hydrogens (tertiary/aromatic N) is 1. The van der Waals surface area contributed by atoms with Crippen molar-refractivity contribution < 1.29 is 4.79 Å². The molecule has 0 saturated heterocycles. The van der Waals surface area contributed by atoms with E-state index in [1.807, 2.05) is 0 Å². The third kappa shape index (κ3) is 3.93. The molecule has 0 heterocycles. The van der Waals surface area contributed by atoms with Gasteiger partial charge in [-0.15, -0.1) is 0 Å². The van der Waals surface area contributed by atoms with Gasteiger partial charge in [0.15, 0.2) is 0 Å². The summed E-state index contributed by atoms with van der Waals surface area (Å²) >= 11 is 0. The van der Waals surface area contributed by atoms with Crippen molar-refractivity contribution in [2.45, 2.75) is 13.0 Å². The molecule has 10 heavy (non-hydrogen) atoms. The van der Waals surface area contributed by atoms with E-state index >= 15 is 0 Å². The van der Waals surface area contributed by atoms with Crippen molar-refractivity contribution in [2.75, 3.05) is 14.1 Å². The highest BCUT2D eigenvalue weighted by molar-refractivity contribution is 5.93. The van der Waals surface area contributed by atoms with Crippen molar-refractivity contribution in [1.29, 1.82) is 0 Å². The van der Waals surface area contributed by atoms with Crippen LogP contribution in [0.25, 0.3) is 0 Å². The second kappa shape index (κ2) is 3.91. The zero-order chi connectivity index (χ0) is 8.15. The van der Waals surface area contributed by atoms with Crippen LogP contribution in [-0.4, -0.2) is 30.9 Å². The Bertz CT molecular complexity index is 174. The Hall–Kier alpha value is -1.01. The number of amides is 1. The van der Waals surface area contributed by atoms with E-state index in [4.69, 9.17) is 5.73 Å². The van der Waals surface area contributed by atoms with E-state index in [-0.39, 0.29) is 11.9 Å². The fourth-order valence-corrected chi connectivity index (χ4v) is 0.287. The van der Waals surface area contributed by atoms with E-state index < -0.39 is 0 Å². The summed E-state index contributed by atoms with van der Waals surface area (Å²) in [6.45, 7) is 1.73. The highest BCUT2D eigenvalue weighted by Gasteiger charge is 1.95. The second-order valence-electron chi connectivity index (χ2n) is 2.26. The lowest BCUT2D eigenvalue weighted by Crippen LogP contribution is -2.20. The molecule has 0 aromatic heterocycles. The number of hydrogen-bond donors (Lipinski definition) is 1. The van der Waals surface area contributed by atoms with Gasteiger partial charge in [-0.25, -0.2) is 0 Å². The van der Waals surface area contributed by atoms with Gasteiger partial charge in [0.1, 0.15) is 0 Å². The molecule has 0 rings (SSSR count). The van der Waals surface area contributed by atoms with Crippen molar-refractivity contribution in [3.05, 3.63) is 0 Å². The molecule has 0 fully saturated rings. The monoisotopic (exact) mass is 140 g/mol. The van der Waals surface area contributed by atoms with Crippen LogP contribution in [0.15, 0.2) is 0 Å². The maximum Gasteiger partial charge on any atom is 0.297 e. The van der Waals surface area contributed by atoms with E-state index in [1.165, 1.54) is 4.90 Å². The summed E-state index contributed by atoms with van der Waals surface area (Å²) in [5, 5.41) is 0. The predicted octanol–water partition coefficient (Wildman–Crippen LogP) is -0.575. The fourth-order valence-electron chi connectivity index (χ4n) is 0.287. The van der Waals surface area contributed by atoms with Crippen LogP contribution in [-0.2, 0) is 4.79 Å². The van der Waals surface area contributed by atoms with Crippen LogP contribution >= 0.6 is 0 Å². The standard InChI is InChI=1S/C7H12N2O/c1-6(8)4-5-7(10)9(2)3/h6H,8H2,1-3H3/t6-/m1/s1. The van der Waals surface area contributed by atoms with Gasteiger partial charge in [-0.1, -0.05) is 5.92 Å². The molecular weight excluding hydrogens is 128 g/mol. The van der Waals surface area contributed by atoms with Crippen molar-refractivity contribution in [3.63, 3.8) is 0 Å². The maximum atomic E-state index is 10.7. The molecule has 0 aromatic carbocycles. The van der Waals surface area contributed by atoms with E-state index in [9.17, 15) is 4.79 Å². The second-order valence-corrected chi connectivity index (χ2v) is 2.26. The fraction of sp³-hybridized carbons (Fsp3) is 0.571. The number of hydrogen-bond acceptors (Lipinski definition) is 2. The number of nitrogens with two attached hydrogens (primary N) is 1. The highest BCUT2D eigenvalue weighted by atomic mass is 16.2. The van der Waals surface area contributed by atoms with Crippen LogP contribution in [0.5, 0.6) is 0 Å². The molecular formula is C7H12N2O. The Labute approximate surface area is 61.2 Å². The molecule has 0 unspecified atom stereocenters. The average molecular weight is 140 g/mol. The minimum atomic E-state index is -0.233. The molecule has 0 bridgehead atoms. The van der Waals surface area contributed by atoms with Crippen LogP contribution in [0.2, 0.25) is 0 Å². The molecule has 2 N–H and O–H groups in total. The molecule has 3 nitrogen and oxygen atoms in total. The first-order valence-electron chi connectivity index (χ1n) is 3.02. The Balaban J connectivity index is 3.93. The Kier molecular flexibility index (Phi) is 3.52. The number of rotatable bonds is 0. The maximum absolute atomic E-state index is 10.7. The topological polar surface area (TPSA) is 46.3 Å². The summed E-state index contributed by atoms with van der Waals surface area (Å²) in [7, 11) is 3.30. The Morgan fingerprint density at radius 1 is 1.60 bits per heavy atom. The number of carbonyl (C=O) groups excluding carboxylic acids is 1. The van der Waals surface area contributed by atoms with Gasteiger partial charge in [0.05, 0.1) is 6.04 Å². The smallest absolute Gasteiger partial charge is 0.297 e. The zero-order valence-electron chi connectivity index (χ0n) is 6.51. The summed E-state index contributed by atoms with van der Waals surface area (Å²) < 4.78 is 0. The zero-order valence-corrected chi connectivity index (χ0v) is 6.51. The lowest BCUT2D eigenvalue weighted by molar-refractivity contribution is -0.122. The third-order valence-corrected chi connectivity index (χ3v) is 0.813. The average Bonchev–Trinajstić information content (AvgIpc) is 1.82. The van der Waals surface area contributed by atoms with Gasteiger partial charge >= 0.3 is 0 Å². The predicted molar refractivity (Wildman–Crippen MR) is 40.1 cm³/mol. The molecule has 3 heteroatoms. The van der Waals surface area contributed by atoms with Gasteiger partial charge in [-0.05, 0) is 12.8 Å². The molecule has 0 aliphatic carbocycles. The summed E-state index contributed by atoms with van der Waals surface area (Å²) in [6.07, 6.45) is 0. The van der Waals surface area contributed by atoms with Crippen LogP contribution in [0.3, 0.4) is 0 Å². The van der Waals surface area contributed by atoms with Gasteiger partial charge in [0.2, 0.25) is 0 Å². The van der Waals surface area contributed by atoms with Crippen molar-refractivity contribution in [1.82, 2.24) is 4.90 Å². The quantitative estimate of drug-likeness (QED) is 0.458. The van der Waals surface area contributed by atoms with Gasteiger partial charge in [-0.2, -0.15) is 0 Å². The highest BCUT2D eigenvalue weighted by Crippen LogP contribution is 1.75. The van der Waals surface area contributed by atoms with Crippen molar-refractivity contribution >= 4 is 5.91 Å². The lowest BCUT2D eigenvalue weighted by Gasteiger charge is -2.02. The molecule has 1 amide bonds. The largest absolute Gasteiger partial charge is 0.338 e. The van der Waals surface area contributed by atoms with E-state index in [1.54, 1.807) is 21.0 Å². The first-order chi connectivity index (χ1) is 4.54. The normalized spacial score (nSPS) is 11.2. The van der Waals surface area contributed by atoms with Crippen LogP contribution in [0, 0.1) is 11.8 Å². The van der Waals surface area contributed by atoms with Crippen molar-refractivity contribution in [3.8, 4) is 11.8 Å². The van der Waals surface area contributed by atoms with Crippen molar-refractivity contribution in [2.24, 2.45) is 5.73 Å². The van der Waals surface area contributed by atoms with E-state index in [0.29, 0.717) is 0 Å². The summed E-state index contributed by atoms with van der Waals surface area (Å²) in [6, 6.07) is -0.233. The molecule has 56 valence electrons. The number of carbonyl (C=O) groups is 1. The van der Waals surface area contributed by atoms with Gasteiger partial charge in [0, 0.05) is 14.1 Å². The van der Waals surface area contributed by atoms with Crippen LogP contribution in [0.4, 0.5) is 0 Å². The minimum Gasteiger partial charge on any atom is -0.338 e. The summed E-state index contributed by atoms with van der Waals surface area (Å²) in [4.78, 5) is 12.2. The van der Waals surface area contributed by atoms with E-state index in [2.05, 4.69) is 11.8 Å². The van der Waals surface area contributed by atoms with Gasteiger partial charge < -0.3 is 10.6 Å². The van der Waals surface area contributed by atoms with Gasteiger partial charge in [0.25, 0.3) is 5.91 Å². The third-order valence-electron chi connectivity index (χ3n) is 0.813. The molecule has 1 atom stereocenters. The van der Waals surface area contributed by atoms with Crippen LogP contribution < -0.4 is 5.73 Å². The summed E-state index contributed by atoms with van der Waals surface area (Å²) in [5.41, 5.74) is 5.30. The molecule has 0 aliphatic rings. The molecule has 0 spiro atoms. The Morgan fingerprint density at radius 3 is 2.40 bits per heavy atom. The first-order valence-corrected chi connectivity index (χ1v) is 3.02. The molecule has 0 aromatic rings. The first kappa shape index (κ1) is 8.99. The van der Waals surface area contributed by atoms with Gasteiger partial charge in [-0.3, -0.25) is 4.79 Å². The summed E-state index contributed by atoms with van der Waals surface area (Å²) in [5.74, 6) is 4.75. The van der Waals surface area contributed by atoms with Crippen LogP contribution in [0.1, 0.15) is 6.92 Å². The lowest BCUT2D eigenvalue weighted by atomic mass is 10.3. The molecule has 0 saturated carbocycles. The SMILES string of the molecule is C[C@@H](N)C#CC(=O)N(C)C.